The average Bonchev–Trinajstić information content (AvgIpc) is 3.42. The highest BCUT2D eigenvalue weighted by molar-refractivity contribution is 6.12. The molecule has 5 rings (SSSR count). The molecule has 0 bridgehead atoms. The first kappa shape index (κ1) is 20.1. The molecule has 3 aromatic heterocycles. The Hall–Kier alpha value is -3.79. The molecular formula is C22H21FN6O3. The highest BCUT2D eigenvalue weighted by Gasteiger charge is 2.21. The van der Waals surface area contributed by atoms with Crippen molar-refractivity contribution in [1.29, 1.82) is 0 Å². The first-order chi connectivity index (χ1) is 15.5. The third-order valence-electron chi connectivity index (χ3n) is 5.31. The summed E-state index contributed by atoms with van der Waals surface area (Å²) < 4.78 is 27.2. The van der Waals surface area contributed by atoms with Crippen LogP contribution in [0.2, 0.25) is 0 Å². The topological polar surface area (TPSA) is 103 Å². The molecule has 164 valence electrons. The van der Waals surface area contributed by atoms with E-state index in [0.717, 1.165) is 19.5 Å². The summed E-state index contributed by atoms with van der Waals surface area (Å²) in [4.78, 5) is 25.8. The maximum absolute atomic E-state index is 14.4. The third kappa shape index (κ3) is 3.69. The Morgan fingerprint density at radius 2 is 2.19 bits per heavy atom. The number of nitrogens with zero attached hydrogens (tertiary/aromatic N) is 4. The lowest BCUT2D eigenvalue weighted by atomic mass is 10.1. The molecule has 1 aliphatic heterocycles. The molecular weight excluding hydrogens is 415 g/mol. The molecule has 1 amide bonds. The molecule has 0 saturated carbocycles. The number of aryl methyl sites for hydroxylation is 1. The maximum atomic E-state index is 14.4. The van der Waals surface area contributed by atoms with Crippen LogP contribution in [0.3, 0.4) is 0 Å². The lowest BCUT2D eigenvalue weighted by Gasteiger charge is -2.16. The highest BCUT2D eigenvalue weighted by Crippen LogP contribution is 2.30. The zero-order chi connectivity index (χ0) is 22.2. The van der Waals surface area contributed by atoms with Gasteiger partial charge in [-0.15, -0.1) is 0 Å². The number of anilines is 1. The number of hydrogen-bond donors (Lipinski definition) is 2. The van der Waals surface area contributed by atoms with Crippen LogP contribution < -0.4 is 20.1 Å². The predicted molar refractivity (Wildman–Crippen MR) is 116 cm³/mol. The molecule has 0 spiro atoms. The molecule has 4 aromatic rings. The van der Waals surface area contributed by atoms with E-state index >= 15 is 0 Å². The molecule has 32 heavy (non-hydrogen) atoms. The number of benzene rings is 1. The van der Waals surface area contributed by atoms with E-state index < -0.39 is 11.7 Å². The fourth-order valence-electron chi connectivity index (χ4n) is 3.82. The molecule has 1 aliphatic rings. The fourth-order valence-corrected chi connectivity index (χ4v) is 3.82. The molecule has 1 fully saturated rings. The Morgan fingerprint density at radius 3 is 2.97 bits per heavy atom. The number of pyridine rings is 1. The number of nitrogens with one attached hydrogen (secondary N) is 2. The second kappa shape index (κ2) is 8.04. The van der Waals surface area contributed by atoms with Gasteiger partial charge in [-0.3, -0.25) is 4.79 Å². The summed E-state index contributed by atoms with van der Waals surface area (Å²) in [5.41, 5.74) is 1.85. The molecule has 0 radical (unpaired) electrons. The summed E-state index contributed by atoms with van der Waals surface area (Å²) in [5, 5.41) is 6.59. The Bertz CT molecular complexity index is 1330. The van der Waals surface area contributed by atoms with Gasteiger partial charge in [0, 0.05) is 31.2 Å². The van der Waals surface area contributed by atoms with Crippen LogP contribution >= 0.6 is 0 Å². The summed E-state index contributed by atoms with van der Waals surface area (Å²) in [5.74, 6) is -0.381. The normalized spacial score (nSPS) is 15.9. The van der Waals surface area contributed by atoms with Gasteiger partial charge in [0.1, 0.15) is 11.9 Å². The van der Waals surface area contributed by atoms with Gasteiger partial charge in [-0.25, -0.2) is 14.4 Å². The second-order valence-electron chi connectivity index (χ2n) is 7.61. The van der Waals surface area contributed by atoms with Gasteiger partial charge in [0.2, 0.25) is 0 Å². The Morgan fingerprint density at radius 1 is 1.31 bits per heavy atom. The van der Waals surface area contributed by atoms with Crippen LogP contribution in [0.25, 0.3) is 16.6 Å². The zero-order valence-electron chi connectivity index (χ0n) is 17.6. The van der Waals surface area contributed by atoms with Crippen LogP contribution in [0.5, 0.6) is 11.8 Å². The molecule has 4 heterocycles. The van der Waals surface area contributed by atoms with E-state index in [0.29, 0.717) is 33.6 Å². The molecule has 1 saturated heterocycles. The first-order valence-corrected chi connectivity index (χ1v) is 10.2. The summed E-state index contributed by atoms with van der Waals surface area (Å²) in [6, 6.07) is 4.74. The van der Waals surface area contributed by atoms with E-state index in [1.54, 1.807) is 37.6 Å². The monoisotopic (exact) mass is 436 g/mol. The third-order valence-corrected chi connectivity index (χ3v) is 5.31. The van der Waals surface area contributed by atoms with Crippen molar-refractivity contribution < 1.29 is 18.7 Å². The van der Waals surface area contributed by atoms with Crippen molar-refractivity contribution in [2.75, 3.05) is 25.5 Å². The Kier molecular flexibility index (Phi) is 5.06. The van der Waals surface area contributed by atoms with Gasteiger partial charge in [0.15, 0.2) is 11.5 Å². The number of rotatable bonds is 5. The summed E-state index contributed by atoms with van der Waals surface area (Å²) in [6.07, 6.45) is 5.80. The SMILES string of the molecule is COc1ncc2c(O[C@@H]3CCNC3)ccc(C(=O)Nc3cc(F)c4nc(C)cn4c3)c2n1. The quantitative estimate of drug-likeness (QED) is 0.496. The highest BCUT2D eigenvalue weighted by atomic mass is 19.1. The van der Waals surface area contributed by atoms with Crippen molar-refractivity contribution >= 4 is 28.1 Å². The van der Waals surface area contributed by atoms with Crippen molar-refractivity contribution in [2.24, 2.45) is 0 Å². The fraction of sp³-hybridized carbons (Fsp3) is 0.273. The van der Waals surface area contributed by atoms with Crippen molar-refractivity contribution in [3.05, 3.63) is 53.9 Å². The van der Waals surface area contributed by atoms with Gasteiger partial charge in [0.25, 0.3) is 5.91 Å². The number of carbonyl (C=O) groups excluding carboxylic acids is 1. The minimum absolute atomic E-state index is 0.0355. The van der Waals surface area contributed by atoms with Crippen molar-refractivity contribution in [1.82, 2.24) is 24.7 Å². The molecule has 0 unspecified atom stereocenters. The van der Waals surface area contributed by atoms with E-state index in [9.17, 15) is 9.18 Å². The first-order valence-electron chi connectivity index (χ1n) is 10.2. The van der Waals surface area contributed by atoms with Crippen LogP contribution in [0.1, 0.15) is 22.5 Å². The molecule has 2 N–H and O–H groups in total. The largest absolute Gasteiger partial charge is 0.488 e. The standard InChI is InChI=1S/C22H21FN6O3/c1-12-10-29-11-13(7-17(23)20(29)26-12)27-21(30)15-3-4-18(32-14-5-6-24-8-14)16-9-25-22(31-2)28-19(15)16/h3-4,7,9-11,14,24H,5-6,8H2,1-2H3,(H,27,30)/t14-/m1/s1. The van der Waals surface area contributed by atoms with E-state index in [1.807, 2.05) is 0 Å². The molecule has 1 aromatic carbocycles. The van der Waals surface area contributed by atoms with Gasteiger partial charge in [-0.05, 0) is 32.0 Å². The van der Waals surface area contributed by atoms with Gasteiger partial charge < -0.3 is 24.5 Å². The lowest BCUT2D eigenvalue weighted by molar-refractivity contribution is 0.102. The van der Waals surface area contributed by atoms with Gasteiger partial charge >= 0.3 is 6.01 Å². The summed E-state index contributed by atoms with van der Waals surface area (Å²) >= 11 is 0. The minimum Gasteiger partial charge on any atom is -0.488 e. The number of imidazole rings is 1. The van der Waals surface area contributed by atoms with E-state index in [2.05, 4.69) is 25.6 Å². The van der Waals surface area contributed by atoms with Crippen LogP contribution in [-0.4, -0.2) is 51.6 Å². The molecule has 9 nitrogen and oxygen atoms in total. The predicted octanol–water partition coefficient (Wildman–Crippen LogP) is 2.73. The number of aromatic nitrogens is 4. The number of halogens is 1. The molecule has 10 heteroatoms. The Labute approximate surface area is 182 Å². The van der Waals surface area contributed by atoms with Crippen LogP contribution in [0.4, 0.5) is 10.1 Å². The Balaban J connectivity index is 1.51. The average molecular weight is 436 g/mol. The molecule has 1 atom stereocenters. The van der Waals surface area contributed by atoms with Gasteiger partial charge in [-0.1, -0.05) is 0 Å². The van der Waals surface area contributed by atoms with Crippen LogP contribution in [0, 0.1) is 12.7 Å². The van der Waals surface area contributed by atoms with Crippen molar-refractivity contribution in [3.8, 4) is 11.8 Å². The summed E-state index contributed by atoms with van der Waals surface area (Å²) in [6.45, 7) is 3.42. The van der Waals surface area contributed by atoms with Crippen LogP contribution in [0.15, 0.2) is 36.8 Å². The smallest absolute Gasteiger partial charge is 0.316 e. The number of ether oxygens (including phenoxy) is 2. The van der Waals surface area contributed by atoms with Gasteiger partial charge in [-0.2, -0.15) is 4.98 Å². The van der Waals surface area contributed by atoms with Crippen molar-refractivity contribution in [3.63, 3.8) is 0 Å². The van der Waals surface area contributed by atoms with Crippen LogP contribution in [-0.2, 0) is 0 Å². The lowest BCUT2D eigenvalue weighted by Crippen LogP contribution is -2.20. The number of fused-ring (bicyclic) bond motifs is 2. The zero-order valence-corrected chi connectivity index (χ0v) is 17.6. The number of hydrogen-bond acceptors (Lipinski definition) is 7. The number of methoxy groups -OCH3 is 1. The van der Waals surface area contributed by atoms with Crippen molar-refractivity contribution in [2.45, 2.75) is 19.4 Å². The van der Waals surface area contributed by atoms with E-state index in [1.165, 1.54) is 17.6 Å². The number of amides is 1. The maximum Gasteiger partial charge on any atom is 0.316 e. The van der Waals surface area contributed by atoms with E-state index in [4.69, 9.17) is 9.47 Å². The van der Waals surface area contributed by atoms with E-state index in [-0.39, 0.29) is 17.8 Å². The summed E-state index contributed by atoms with van der Waals surface area (Å²) in [7, 11) is 1.45. The minimum atomic E-state index is -0.529. The second-order valence-corrected chi connectivity index (χ2v) is 7.61. The number of carbonyl (C=O) groups is 1. The molecule has 0 aliphatic carbocycles. The van der Waals surface area contributed by atoms with Gasteiger partial charge in [0.05, 0.1) is 35.0 Å².